The fourth-order valence-electron chi connectivity index (χ4n) is 3.16. The molecule has 1 aromatic rings. The van der Waals surface area contributed by atoms with E-state index in [0.717, 1.165) is 24.8 Å². The Morgan fingerprint density at radius 3 is 2.43 bits per heavy atom. The average molecular weight is 319 g/mol. The first-order chi connectivity index (χ1) is 11.1. The van der Waals surface area contributed by atoms with E-state index in [2.05, 4.69) is 5.32 Å². The zero-order valence-electron chi connectivity index (χ0n) is 13.6. The largest absolute Gasteiger partial charge is 0.481 e. The van der Waals surface area contributed by atoms with Crippen LogP contribution in [-0.4, -0.2) is 30.1 Å². The van der Waals surface area contributed by atoms with Crippen LogP contribution in [0.4, 0.5) is 0 Å². The Hall–Kier alpha value is -1.88. The molecule has 1 unspecified atom stereocenters. The van der Waals surface area contributed by atoms with Gasteiger partial charge in [0.05, 0.1) is 5.41 Å². The van der Waals surface area contributed by atoms with Crippen LogP contribution in [-0.2, 0) is 14.3 Å². The summed E-state index contributed by atoms with van der Waals surface area (Å²) in [6.07, 6.45) is 3.40. The third-order valence-electron chi connectivity index (χ3n) is 4.54. The first-order valence-electron chi connectivity index (χ1n) is 8.27. The van der Waals surface area contributed by atoms with Crippen LogP contribution in [0.1, 0.15) is 50.7 Å². The Morgan fingerprint density at radius 2 is 1.87 bits per heavy atom. The molecule has 5 heteroatoms. The minimum atomic E-state index is -0.832. The van der Waals surface area contributed by atoms with E-state index in [9.17, 15) is 14.7 Å². The first-order valence-corrected chi connectivity index (χ1v) is 8.27. The van der Waals surface area contributed by atoms with E-state index in [-0.39, 0.29) is 12.5 Å². The number of carboxylic acid groups (broad SMARTS) is 1. The van der Waals surface area contributed by atoms with E-state index in [4.69, 9.17) is 4.74 Å². The van der Waals surface area contributed by atoms with Crippen molar-refractivity contribution in [2.45, 2.75) is 45.1 Å². The molecular formula is C18H25NO4. The van der Waals surface area contributed by atoms with Crippen molar-refractivity contribution in [3.63, 3.8) is 0 Å². The molecule has 23 heavy (non-hydrogen) atoms. The molecule has 1 saturated carbocycles. The lowest BCUT2D eigenvalue weighted by Gasteiger charge is -2.33. The monoisotopic (exact) mass is 319 g/mol. The molecule has 0 radical (unpaired) electrons. The summed E-state index contributed by atoms with van der Waals surface area (Å²) in [6.45, 7) is 2.41. The quantitative estimate of drug-likeness (QED) is 0.810. The number of carbonyl (C=O) groups excluding carboxylic acids is 1. The van der Waals surface area contributed by atoms with Crippen molar-refractivity contribution >= 4 is 11.9 Å². The lowest BCUT2D eigenvalue weighted by molar-refractivity contribution is -0.151. The molecule has 1 aliphatic rings. The Labute approximate surface area is 137 Å². The van der Waals surface area contributed by atoms with Crippen molar-refractivity contribution in [3.8, 4) is 0 Å². The van der Waals surface area contributed by atoms with E-state index in [1.165, 1.54) is 0 Å². The van der Waals surface area contributed by atoms with Crippen molar-refractivity contribution in [1.82, 2.24) is 5.32 Å². The van der Waals surface area contributed by atoms with Crippen LogP contribution in [0.3, 0.4) is 0 Å². The summed E-state index contributed by atoms with van der Waals surface area (Å²) in [5.74, 6) is -1.09. The van der Waals surface area contributed by atoms with Crippen molar-refractivity contribution in [2.24, 2.45) is 5.41 Å². The van der Waals surface area contributed by atoms with Crippen LogP contribution < -0.4 is 5.32 Å². The summed E-state index contributed by atoms with van der Waals surface area (Å²) in [5, 5.41) is 12.4. The van der Waals surface area contributed by atoms with Gasteiger partial charge in [-0.3, -0.25) is 9.59 Å². The fraction of sp³-hybridized carbons (Fsp3) is 0.556. The summed E-state index contributed by atoms with van der Waals surface area (Å²) >= 11 is 0. The number of benzene rings is 1. The number of hydrogen-bond acceptors (Lipinski definition) is 3. The van der Waals surface area contributed by atoms with Crippen molar-refractivity contribution < 1.29 is 19.4 Å². The predicted octanol–water partition coefficient (Wildman–Crippen LogP) is 2.92. The zero-order chi connectivity index (χ0) is 16.7. The van der Waals surface area contributed by atoms with Crippen LogP contribution in [0.5, 0.6) is 0 Å². The third-order valence-corrected chi connectivity index (χ3v) is 4.54. The number of hydrogen-bond donors (Lipinski definition) is 2. The van der Waals surface area contributed by atoms with E-state index in [1.807, 2.05) is 37.3 Å². The van der Waals surface area contributed by atoms with E-state index >= 15 is 0 Å². The van der Waals surface area contributed by atoms with Gasteiger partial charge in [0.1, 0.15) is 0 Å². The molecule has 1 atom stereocenters. The van der Waals surface area contributed by atoms with Crippen LogP contribution in [0.15, 0.2) is 30.3 Å². The van der Waals surface area contributed by atoms with Gasteiger partial charge < -0.3 is 15.2 Å². The standard InChI is InChI=1S/C18H25NO4/c1-2-23-15(14-9-5-3-6-10-14)16(20)19-13-18(17(21)22)11-7-4-8-12-18/h3,5-6,9-10,15H,2,4,7-8,11-13H2,1H3,(H,19,20)(H,21,22). The van der Waals surface area contributed by atoms with Crippen LogP contribution in [0, 0.1) is 5.41 Å². The highest BCUT2D eigenvalue weighted by atomic mass is 16.5. The number of amides is 1. The molecule has 1 aromatic carbocycles. The average Bonchev–Trinajstić information content (AvgIpc) is 2.59. The molecule has 2 N–H and O–H groups in total. The van der Waals surface area contributed by atoms with Gasteiger partial charge in [-0.15, -0.1) is 0 Å². The maximum Gasteiger partial charge on any atom is 0.311 e. The van der Waals surface area contributed by atoms with Gasteiger partial charge >= 0.3 is 5.97 Å². The Bertz CT molecular complexity index is 523. The van der Waals surface area contributed by atoms with Crippen molar-refractivity contribution in [3.05, 3.63) is 35.9 Å². The Balaban J connectivity index is 2.05. The number of nitrogens with one attached hydrogen (secondary N) is 1. The van der Waals surface area contributed by atoms with Crippen molar-refractivity contribution in [2.75, 3.05) is 13.2 Å². The predicted molar refractivity (Wildman–Crippen MR) is 87.0 cm³/mol. The second-order valence-electron chi connectivity index (χ2n) is 6.11. The lowest BCUT2D eigenvalue weighted by Crippen LogP contribution is -2.45. The SMILES string of the molecule is CCOC(C(=O)NCC1(C(=O)O)CCCCC1)c1ccccc1. The molecule has 2 rings (SSSR count). The second-order valence-corrected chi connectivity index (χ2v) is 6.11. The van der Waals surface area contributed by atoms with Crippen LogP contribution in [0.2, 0.25) is 0 Å². The number of ether oxygens (including phenoxy) is 1. The van der Waals surface area contributed by atoms with Gasteiger partial charge in [-0.1, -0.05) is 49.6 Å². The summed E-state index contributed by atoms with van der Waals surface area (Å²) in [6, 6.07) is 9.27. The van der Waals surface area contributed by atoms with Gasteiger partial charge in [-0.05, 0) is 25.3 Å². The molecule has 0 spiro atoms. The highest BCUT2D eigenvalue weighted by Gasteiger charge is 2.40. The zero-order valence-corrected chi connectivity index (χ0v) is 13.6. The topological polar surface area (TPSA) is 75.6 Å². The summed E-state index contributed by atoms with van der Waals surface area (Å²) in [5.41, 5.74) is -0.0543. The van der Waals surface area contributed by atoms with E-state index < -0.39 is 17.5 Å². The maximum absolute atomic E-state index is 12.5. The molecule has 0 bridgehead atoms. The smallest absolute Gasteiger partial charge is 0.311 e. The molecule has 5 nitrogen and oxygen atoms in total. The second kappa shape index (κ2) is 8.11. The summed E-state index contributed by atoms with van der Waals surface area (Å²) in [4.78, 5) is 24.2. The molecule has 0 aromatic heterocycles. The number of carbonyl (C=O) groups is 2. The Kier molecular flexibility index (Phi) is 6.16. The first kappa shape index (κ1) is 17.5. The minimum Gasteiger partial charge on any atom is -0.481 e. The molecule has 1 amide bonds. The molecule has 1 aliphatic carbocycles. The molecular weight excluding hydrogens is 294 g/mol. The van der Waals surface area contributed by atoms with Gasteiger partial charge in [0.2, 0.25) is 0 Å². The maximum atomic E-state index is 12.5. The van der Waals surface area contributed by atoms with Gasteiger partial charge in [-0.2, -0.15) is 0 Å². The molecule has 0 heterocycles. The third kappa shape index (κ3) is 4.32. The minimum absolute atomic E-state index is 0.164. The number of aliphatic carboxylic acids is 1. The highest BCUT2D eigenvalue weighted by molar-refractivity contribution is 5.83. The van der Waals surface area contributed by atoms with Crippen molar-refractivity contribution in [1.29, 1.82) is 0 Å². The lowest BCUT2D eigenvalue weighted by atomic mass is 9.74. The number of rotatable bonds is 7. The van der Waals surface area contributed by atoms with Crippen LogP contribution >= 0.6 is 0 Å². The van der Waals surface area contributed by atoms with Gasteiger partial charge in [0.25, 0.3) is 5.91 Å². The summed E-state index contributed by atoms with van der Waals surface area (Å²) < 4.78 is 5.56. The highest BCUT2D eigenvalue weighted by Crippen LogP contribution is 2.36. The Morgan fingerprint density at radius 1 is 1.22 bits per heavy atom. The molecule has 1 fully saturated rings. The number of carboxylic acids is 1. The molecule has 126 valence electrons. The van der Waals surface area contributed by atoms with E-state index in [0.29, 0.717) is 19.4 Å². The fourth-order valence-corrected chi connectivity index (χ4v) is 3.16. The van der Waals surface area contributed by atoms with Crippen LogP contribution in [0.25, 0.3) is 0 Å². The molecule has 0 saturated heterocycles. The summed E-state index contributed by atoms with van der Waals surface area (Å²) in [7, 11) is 0. The van der Waals surface area contributed by atoms with Gasteiger partial charge in [0, 0.05) is 13.2 Å². The van der Waals surface area contributed by atoms with E-state index in [1.54, 1.807) is 0 Å². The van der Waals surface area contributed by atoms with Gasteiger partial charge in [0.15, 0.2) is 6.10 Å². The molecule has 0 aliphatic heterocycles. The normalized spacial score (nSPS) is 18.1. The van der Waals surface area contributed by atoms with Gasteiger partial charge in [-0.25, -0.2) is 0 Å².